The lowest BCUT2D eigenvalue weighted by Gasteiger charge is -2.17. The summed E-state index contributed by atoms with van der Waals surface area (Å²) >= 11 is 0. The lowest BCUT2D eigenvalue weighted by atomic mass is 10.1. The van der Waals surface area contributed by atoms with Crippen LogP contribution in [0.25, 0.3) is 0 Å². The number of halogens is 6. The van der Waals surface area contributed by atoms with Crippen molar-refractivity contribution in [3.8, 4) is 11.5 Å². The highest BCUT2D eigenvalue weighted by molar-refractivity contribution is 5.48. The number of hydrogen-bond donors (Lipinski definition) is 0. The van der Waals surface area contributed by atoms with Crippen molar-refractivity contribution in [2.24, 2.45) is 0 Å². The van der Waals surface area contributed by atoms with Crippen LogP contribution in [0.15, 0.2) is 12.1 Å². The zero-order chi connectivity index (χ0) is 14.8. The Labute approximate surface area is 104 Å². The molecule has 0 atom stereocenters. The van der Waals surface area contributed by atoms with Crippen LogP contribution in [0.4, 0.5) is 26.3 Å². The van der Waals surface area contributed by atoms with Gasteiger partial charge in [0.05, 0.1) is 12.2 Å². The molecule has 0 N–H and O–H groups in total. The van der Waals surface area contributed by atoms with Crippen molar-refractivity contribution in [1.29, 1.82) is 0 Å². The van der Waals surface area contributed by atoms with Gasteiger partial charge in [-0.15, -0.1) is 13.2 Å². The number of ether oxygens (including phenoxy) is 2. The van der Waals surface area contributed by atoms with E-state index in [9.17, 15) is 26.3 Å². The summed E-state index contributed by atoms with van der Waals surface area (Å²) in [6, 6.07) is 1.15. The molecule has 0 unspecified atom stereocenters. The van der Waals surface area contributed by atoms with Gasteiger partial charge in [-0.3, -0.25) is 0 Å². The summed E-state index contributed by atoms with van der Waals surface area (Å²) in [6.07, 6.45) is -9.86. The summed E-state index contributed by atoms with van der Waals surface area (Å²) in [6.45, 7) is 2.62. The third-order valence-electron chi connectivity index (χ3n) is 2.12. The van der Waals surface area contributed by atoms with Crippen LogP contribution >= 0.6 is 0 Å². The molecule has 0 amide bonds. The summed E-state index contributed by atoms with van der Waals surface area (Å²) in [7, 11) is 0. The molecule has 0 aliphatic heterocycles. The van der Waals surface area contributed by atoms with Crippen LogP contribution in [0.1, 0.15) is 18.1 Å². The van der Waals surface area contributed by atoms with Gasteiger partial charge in [-0.1, -0.05) is 0 Å². The van der Waals surface area contributed by atoms with Gasteiger partial charge in [-0.25, -0.2) is 0 Å². The van der Waals surface area contributed by atoms with Gasteiger partial charge in [0.2, 0.25) is 0 Å². The lowest BCUT2D eigenvalue weighted by Crippen LogP contribution is -2.19. The number of aryl methyl sites for hydroxylation is 1. The van der Waals surface area contributed by atoms with Gasteiger partial charge in [-0.2, -0.15) is 13.2 Å². The normalized spacial score (nSPS) is 12.4. The van der Waals surface area contributed by atoms with Crippen molar-refractivity contribution in [3.63, 3.8) is 0 Å². The van der Waals surface area contributed by atoms with Crippen molar-refractivity contribution in [1.82, 2.24) is 0 Å². The standard InChI is InChI=1S/C11H10F6O2/c1-3-18-8-4-6(2)7(10(12,13)14)5-9(8)19-11(15,16)17/h4-5H,3H2,1-2H3. The Balaban J connectivity index is 3.31. The molecule has 1 aromatic carbocycles. The summed E-state index contributed by atoms with van der Waals surface area (Å²) in [5.74, 6) is -1.39. The molecule has 2 nitrogen and oxygen atoms in total. The molecule has 108 valence electrons. The van der Waals surface area contributed by atoms with Gasteiger partial charge in [0, 0.05) is 0 Å². The minimum Gasteiger partial charge on any atom is -0.490 e. The first-order valence-electron chi connectivity index (χ1n) is 5.15. The van der Waals surface area contributed by atoms with E-state index in [0.717, 1.165) is 13.0 Å². The van der Waals surface area contributed by atoms with Crippen LogP contribution in [-0.2, 0) is 6.18 Å². The Bertz CT molecular complexity index is 450. The van der Waals surface area contributed by atoms with E-state index in [1.54, 1.807) is 0 Å². The third kappa shape index (κ3) is 4.22. The van der Waals surface area contributed by atoms with Gasteiger partial charge >= 0.3 is 12.5 Å². The average Bonchev–Trinajstić information content (AvgIpc) is 2.18. The van der Waals surface area contributed by atoms with Crippen LogP contribution < -0.4 is 9.47 Å². The molecule has 1 aromatic rings. The second-order valence-corrected chi connectivity index (χ2v) is 3.59. The number of rotatable bonds is 3. The fourth-order valence-corrected chi connectivity index (χ4v) is 1.44. The van der Waals surface area contributed by atoms with Gasteiger partial charge in [0.15, 0.2) is 11.5 Å². The maximum atomic E-state index is 12.6. The molecule has 0 radical (unpaired) electrons. The highest BCUT2D eigenvalue weighted by Gasteiger charge is 2.37. The molecule has 0 aliphatic carbocycles. The second kappa shape index (κ2) is 5.18. The molecule has 0 aliphatic rings. The lowest BCUT2D eigenvalue weighted by molar-refractivity contribution is -0.275. The van der Waals surface area contributed by atoms with Gasteiger partial charge in [0.1, 0.15) is 0 Å². The van der Waals surface area contributed by atoms with E-state index in [0.29, 0.717) is 0 Å². The maximum Gasteiger partial charge on any atom is 0.573 e. The minimum atomic E-state index is -5.09. The monoisotopic (exact) mass is 288 g/mol. The number of benzene rings is 1. The second-order valence-electron chi connectivity index (χ2n) is 3.59. The molecule has 0 heterocycles. The van der Waals surface area contributed by atoms with E-state index in [1.807, 2.05) is 0 Å². The predicted octanol–water partition coefficient (Wildman–Crippen LogP) is 4.31. The maximum absolute atomic E-state index is 12.6. The smallest absolute Gasteiger partial charge is 0.490 e. The van der Waals surface area contributed by atoms with E-state index >= 15 is 0 Å². The first kappa shape index (κ1) is 15.5. The molecule has 0 saturated carbocycles. The SMILES string of the molecule is CCOc1cc(C)c(C(F)(F)F)cc1OC(F)(F)F. The molecular formula is C11H10F6O2. The van der Waals surface area contributed by atoms with E-state index in [4.69, 9.17) is 4.74 Å². The van der Waals surface area contributed by atoms with Crippen molar-refractivity contribution in [2.75, 3.05) is 6.61 Å². The number of alkyl halides is 6. The molecule has 19 heavy (non-hydrogen) atoms. The Kier molecular flexibility index (Phi) is 4.21. The highest BCUT2D eigenvalue weighted by atomic mass is 19.4. The average molecular weight is 288 g/mol. The minimum absolute atomic E-state index is 0.000971. The third-order valence-corrected chi connectivity index (χ3v) is 2.12. The largest absolute Gasteiger partial charge is 0.573 e. The molecular weight excluding hydrogens is 278 g/mol. The first-order chi connectivity index (χ1) is 8.54. The van der Waals surface area contributed by atoms with Crippen molar-refractivity contribution in [2.45, 2.75) is 26.4 Å². The van der Waals surface area contributed by atoms with Crippen molar-refractivity contribution >= 4 is 0 Å². The zero-order valence-corrected chi connectivity index (χ0v) is 9.95. The summed E-state index contributed by atoms with van der Waals surface area (Å²) < 4.78 is 82.6. The molecule has 0 aromatic heterocycles. The zero-order valence-electron chi connectivity index (χ0n) is 9.95. The molecule has 8 heteroatoms. The van der Waals surface area contributed by atoms with Gasteiger partial charge in [0.25, 0.3) is 0 Å². The fraction of sp³-hybridized carbons (Fsp3) is 0.455. The predicted molar refractivity (Wildman–Crippen MR) is 54.0 cm³/mol. The van der Waals surface area contributed by atoms with E-state index < -0.39 is 23.9 Å². The van der Waals surface area contributed by atoms with Crippen LogP contribution in [0.2, 0.25) is 0 Å². The van der Waals surface area contributed by atoms with Crippen molar-refractivity contribution in [3.05, 3.63) is 23.3 Å². The van der Waals surface area contributed by atoms with Crippen LogP contribution in [0.3, 0.4) is 0 Å². The van der Waals surface area contributed by atoms with E-state index in [-0.39, 0.29) is 24.0 Å². The molecule has 1 rings (SSSR count). The van der Waals surface area contributed by atoms with Crippen LogP contribution in [-0.4, -0.2) is 13.0 Å². The highest BCUT2D eigenvalue weighted by Crippen LogP contribution is 2.40. The fourth-order valence-electron chi connectivity index (χ4n) is 1.44. The summed E-state index contributed by atoms with van der Waals surface area (Å²) in [4.78, 5) is 0. The Morgan fingerprint density at radius 3 is 2.00 bits per heavy atom. The molecule has 0 bridgehead atoms. The molecule has 0 fully saturated rings. The Hall–Kier alpha value is -1.60. The van der Waals surface area contributed by atoms with E-state index in [1.165, 1.54) is 6.92 Å². The Morgan fingerprint density at radius 2 is 1.58 bits per heavy atom. The topological polar surface area (TPSA) is 18.5 Å². The van der Waals surface area contributed by atoms with Gasteiger partial charge < -0.3 is 9.47 Å². The van der Waals surface area contributed by atoms with Crippen LogP contribution in [0.5, 0.6) is 11.5 Å². The first-order valence-corrected chi connectivity index (χ1v) is 5.15. The van der Waals surface area contributed by atoms with Crippen molar-refractivity contribution < 1.29 is 35.8 Å². The van der Waals surface area contributed by atoms with E-state index in [2.05, 4.69) is 4.74 Å². The quantitative estimate of drug-likeness (QED) is 0.771. The number of hydrogen-bond acceptors (Lipinski definition) is 2. The summed E-state index contributed by atoms with van der Waals surface area (Å²) in [5, 5.41) is 0. The summed E-state index contributed by atoms with van der Waals surface area (Å²) in [5.41, 5.74) is -1.44. The van der Waals surface area contributed by atoms with Gasteiger partial charge in [-0.05, 0) is 31.5 Å². The molecule has 0 spiro atoms. The molecule has 0 saturated heterocycles. The Morgan fingerprint density at radius 1 is 1.00 bits per heavy atom. The van der Waals surface area contributed by atoms with Crippen LogP contribution in [0, 0.1) is 6.92 Å².